The average molecular weight is 446 g/mol. The molecule has 32 heavy (non-hydrogen) atoms. The van der Waals surface area contributed by atoms with Crippen LogP contribution in [-0.2, 0) is 17.8 Å². The maximum Gasteiger partial charge on any atom is 0.336 e. The quantitative estimate of drug-likeness (QED) is 0.521. The summed E-state index contributed by atoms with van der Waals surface area (Å²) in [5.74, 6) is -0.243. The van der Waals surface area contributed by atoms with Crippen LogP contribution in [0.3, 0.4) is 0 Å². The number of amides is 1. The minimum Gasteiger partial charge on any atom is -0.348 e. The van der Waals surface area contributed by atoms with Gasteiger partial charge in [0.2, 0.25) is 5.91 Å². The van der Waals surface area contributed by atoms with Gasteiger partial charge in [-0.1, -0.05) is 42.0 Å². The van der Waals surface area contributed by atoms with E-state index in [-0.39, 0.29) is 24.1 Å². The van der Waals surface area contributed by atoms with Crippen molar-refractivity contribution in [2.24, 2.45) is 0 Å². The van der Waals surface area contributed by atoms with Gasteiger partial charge in [-0.25, -0.2) is 9.36 Å². The molecule has 1 amide bonds. The number of rotatable bonds is 4. The number of hydrogen-bond donors (Lipinski definition) is 1. The Kier molecular flexibility index (Phi) is 5.06. The van der Waals surface area contributed by atoms with Gasteiger partial charge in [0, 0.05) is 0 Å². The topological polar surface area (TPSA) is 73.1 Å². The zero-order chi connectivity index (χ0) is 22.4. The Labute approximate surface area is 188 Å². The molecule has 2 heterocycles. The highest BCUT2D eigenvalue weighted by atomic mass is 32.1. The largest absolute Gasteiger partial charge is 0.348 e. The SMILES string of the molecule is Cc1ccc(-n2c(=O)c3sccc3n(CC(=O)N[C@@H]3CCc4ccccc43)c2=O)c(C)c1. The first-order valence-corrected chi connectivity index (χ1v) is 11.5. The van der Waals surface area contributed by atoms with E-state index in [4.69, 9.17) is 0 Å². The molecule has 6 nitrogen and oxygen atoms in total. The standard InChI is InChI=1S/C25H23N3O3S/c1-15-7-10-20(16(2)13-15)28-24(30)23-21(11-12-32-23)27(25(28)31)14-22(29)26-19-9-8-17-5-3-4-6-18(17)19/h3-7,10-13,19H,8-9,14H2,1-2H3,(H,26,29)/t19-/m1/s1. The average Bonchev–Trinajstić information content (AvgIpc) is 3.41. The smallest absolute Gasteiger partial charge is 0.336 e. The van der Waals surface area contributed by atoms with Gasteiger partial charge >= 0.3 is 5.69 Å². The molecule has 0 spiro atoms. The molecule has 1 aliphatic rings. The summed E-state index contributed by atoms with van der Waals surface area (Å²) in [4.78, 5) is 39.6. The minimum atomic E-state index is -0.505. The van der Waals surface area contributed by atoms with Crippen molar-refractivity contribution in [2.45, 2.75) is 39.3 Å². The number of hydrogen-bond acceptors (Lipinski definition) is 4. The van der Waals surface area contributed by atoms with E-state index in [0.29, 0.717) is 15.9 Å². The van der Waals surface area contributed by atoms with Gasteiger partial charge in [0.1, 0.15) is 11.2 Å². The first-order valence-electron chi connectivity index (χ1n) is 10.6. The molecule has 5 rings (SSSR count). The van der Waals surface area contributed by atoms with Crippen molar-refractivity contribution >= 4 is 27.5 Å². The van der Waals surface area contributed by atoms with E-state index in [1.54, 1.807) is 17.5 Å². The van der Waals surface area contributed by atoms with E-state index in [9.17, 15) is 14.4 Å². The molecule has 162 valence electrons. The maximum absolute atomic E-state index is 13.5. The first-order chi connectivity index (χ1) is 15.4. The fourth-order valence-electron chi connectivity index (χ4n) is 4.60. The van der Waals surface area contributed by atoms with Crippen LogP contribution in [0.4, 0.5) is 0 Å². The highest BCUT2D eigenvalue weighted by Gasteiger charge is 2.24. The van der Waals surface area contributed by atoms with Crippen LogP contribution in [0.2, 0.25) is 0 Å². The second kappa shape index (κ2) is 7.91. The molecular formula is C25H23N3O3S. The number of aromatic nitrogens is 2. The van der Waals surface area contributed by atoms with Crippen molar-refractivity contribution in [1.82, 2.24) is 14.5 Å². The van der Waals surface area contributed by atoms with E-state index in [2.05, 4.69) is 11.4 Å². The zero-order valence-electron chi connectivity index (χ0n) is 17.9. The molecular weight excluding hydrogens is 422 g/mol. The van der Waals surface area contributed by atoms with E-state index in [0.717, 1.165) is 29.5 Å². The van der Waals surface area contributed by atoms with Crippen LogP contribution in [0.15, 0.2) is 63.5 Å². The molecule has 1 N–H and O–H groups in total. The molecule has 2 aromatic heterocycles. The van der Waals surface area contributed by atoms with Crippen LogP contribution < -0.4 is 16.6 Å². The fraction of sp³-hybridized carbons (Fsp3) is 0.240. The lowest BCUT2D eigenvalue weighted by atomic mass is 10.1. The molecule has 1 atom stereocenters. The van der Waals surface area contributed by atoms with Crippen LogP contribution >= 0.6 is 11.3 Å². The van der Waals surface area contributed by atoms with Crippen molar-refractivity contribution < 1.29 is 4.79 Å². The van der Waals surface area contributed by atoms with Crippen LogP contribution in [0.25, 0.3) is 15.9 Å². The van der Waals surface area contributed by atoms with Crippen molar-refractivity contribution in [3.05, 3.63) is 97.0 Å². The summed E-state index contributed by atoms with van der Waals surface area (Å²) < 4.78 is 3.05. The predicted molar refractivity (Wildman–Crippen MR) is 127 cm³/mol. The van der Waals surface area contributed by atoms with Gasteiger partial charge in [0.15, 0.2) is 0 Å². The fourth-order valence-corrected chi connectivity index (χ4v) is 5.42. The molecule has 0 fully saturated rings. The summed E-state index contributed by atoms with van der Waals surface area (Å²) in [5, 5.41) is 4.85. The Balaban J connectivity index is 1.55. The second-order valence-electron chi connectivity index (χ2n) is 8.29. The number of aryl methyl sites for hydroxylation is 3. The van der Waals surface area contributed by atoms with Crippen LogP contribution in [0, 0.1) is 13.8 Å². The molecule has 0 aliphatic heterocycles. The number of benzene rings is 2. The molecule has 2 aromatic carbocycles. The Morgan fingerprint density at radius 1 is 1.12 bits per heavy atom. The summed E-state index contributed by atoms with van der Waals surface area (Å²) in [6.45, 7) is 3.70. The van der Waals surface area contributed by atoms with Crippen LogP contribution in [0.1, 0.15) is 34.7 Å². The molecule has 1 aliphatic carbocycles. The summed E-state index contributed by atoms with van der Waals surface area (Å²) in [5.41, 5.74) is 4.44. The third-order valence-corrected chi connectivity index (χ3v) is 7.01. The third kappa shape index (κ3) is 3.39. The molecule has 0 bridgehead atoms. The number of carbonyl (C=O) groups excluding carboxylic acids is 1. The van der Waals surface area contributed by atoms with Gasteiger partial charge < -0.3 is 5.32 Å². The van der Waals surface area contributed by atoms with Crippen molar-refractivity contribution in [3.8, 4) is 5.69 Å². The Hall–Kier alpha value is -3.45. The molecule has 7 heteroatoms. The normalized spacial score (nSPS) is 15.1. The number of fused-ring (bicyclic) bond motifs is 2. The lowest BCUT2D eigenvalue weighted by Crippen LogP contribution is -2.42. The zero-order valence-corrected chi connectivity index (χ0v) is 18.7. The van der Waals surface area contributed by atoms with Gasteiger partial charge in [0.05, 0.1) is 17.2 Å². The molecule has 0 unspecified atom stereocenters. The Morgan fingerprint density at radius 2 is 1.94 bits per heavy atom. The van der Waals surface area contributed by atoms with E-state index < -0.39 is 5.69 Å². The Bertz CT molecular complexity index is 1480. The number of thiophene rings is 1. The van der Waals surface area contributed by atoms with Gasteiger partial charge in [-0.05, 0) is 60.9 Å². The lowest BCUT2D eigenvalue weighted by Gasteiger charge is -2.17. The Morgan fingerprint density at radius 3 is 2.75 bits per heavy atom. The van der Waals surface area contributed by atoms with Crippen molar-refractivity contribution in [1.29, 1.82) is 0 Å². The maximum atomic E-state index is 13.5. The number of nitrogens with one attached hydrogen (secondary N) is 1. The highest BCUT2D eigenvalue weighted by Crippen LogP contribution is 2.30. The van der Waals surface area contributed by atoms with E-state index in [1.807, 2.05) is 44.2 Å². The highest BCUT2D eigenvalue weighted by molar-refractivity contribution is 7.17. The van der Waals surface area contributed by atoms with Crippen LogP contribution in [-0.4, -0.2) is 15.0 Å². The second-order valence-corrected chi connectivity index (χ2v) is 9.21. The van der Waals surface area contributed by atoms with Gasteiger partial charge in [-0.15, -0.1) is 11.3 Å². The van der Waals surface area contributed by atoms with E-state index in [1.165, 1.54) is 26.0 Å². The van der Waals surface area contributed by atoms with Crippen molar-refractivity contribution in [3.63, 3.8) is 0 Å². The van der Waals surface area contributed by atoms with Crippen LogP contribution in [0.5, 0.6) is 0 Å². The minimum absolute atomic E-state index is 0.0578. The number of carbonyl (C=O) groups is 1. The summed E-state index contributed by atoms with van der Waals surface area (Å²) in [6, 6.07) is 15.4. The molecule has 0 saturated carbocycles. The lowest BCUT2D eigenvalue weighted by molar-refractivity contribution is -0.122. The number of nitrogens with zero attached hydrogens (tertiary/aromatic N) is 2. The molecule has 4 aromatic rings. The predicted octanol–water partition coefficient (Wildman–Crippen LogP) is 3.63. The summed E-state index contributed by atoms with van der Waals surface area (Å²) in [6.07, 6.45) is 1.77. The molecule has 0 saturated heterocycles. The van der Waals surface area contributed by atoms with E-state index >= 15 is 0 Å². The van der Waals surface area contributed by atoms with Crippen molar-refractivity contribution in [2.75, 3.05) is 0 Å². The summed E-state index contributed by atoms with van der Waals surface area (Å²) in [7, 11) is 0. The first kappa shape index (κ1) is 20.5. The van der Waals surface area contributed by atoms with Gasteiger partial charge in [0.25, 0.3) is 5.56 Å². The van der Waals surface area contributed by atoms with Gasteiger partial charge in [-0.3, -0.25) is 14.2 Å². The third-order valence-electron chi connectivity index (χ3n) is 6.12. The summed E-state index contributed by atoms with van der Waals surface area (Å²) >= 11 is 1.28. The van der Waals surface area contributed by atoms with Gasteiger partial charge in [-0.2, -0.15) is 0 Å². The monoisotopic (exact) mass is 445 g/mol. The molecule has 0 radical (unpaired) electrons.